The van der Waals surface area contributed by atoms with E-state index in [1.54, 1.807) is 12.1 Å². The zero-order valence-electron chi connectivity index (χ0n) is 15.3. The standard InChI is InChI=1S/C20H24Cl2N2O/c1-12-8-13(2)19(14(3)9-12)23-20(25)15(4)24(5)11-16-6-7-17(21)10-18(16)22/h6-10,15H,11H2,1-5H3,(H,23,25)/t15-/m0/s1. The van der Waals surface area contributed by atoms with Crippen LogP contribution in [-0.2, 0) is 11.3 Å². The maximum absolute atomic E-state index is 12.7. The lowest BCUT2D eigenvalue weighted by atomic mass is 10.0. The quantitative estimate of drug-likeness (QED) is 0.757. The Kier molecular flexibility index (Phi) is 6.50. The number of hydrogen-bond acceptors (Lipinski definition) is 2. The fourth-order valence-corrected chi connectivity index (χ4v) is 3.33. The van der Waals surface area contributed by atoms with Crippen molar-refractivity contribution in [3.63, 3.8) is 0 Å². The smallest absolute Gasteiger partial charge is 0.241 e. The highest BCUT2D eigenvalue weighted by Gasteiger charge is 2.20. The number of likely N-dealkylation sites (N-methyl/N-ethyl adjacent to an activating group) is 1. The number of hydrogen-bond donors (Lipinski definition) is 1. The summed E-state index contributed by atoms with van der Waals surface area (Å²) in [5.74, 6) is -0.0392. The molecule has 2 aromatic carbocycles. The largest absolute Gasteiger partial charge is 0.324 e. The van der Waals surface area contributed by atoms with Gasteiger partial charge in [-0.2, -0.15) is 0 Å². The van der Waals surface area contributed by atoms with Gasteiger partial charge in [-0.3, -0.25) is 9.69 Å². The maximum atomic E-state index is 12.7. The maximum Gasteiger partial charge on any atom is 0.241 e. The normalized spacial score (nSPS) is 12.3. The first kappa shape index (κ1) is 19.8. The van der Waals surface area contributed by atoms with Crippen molar-refractivity contribution in [1.82, 2.24) is 4.90 Å². The molecule has 1 N–H and O–H groups in total. The summed E-state index contributed by atoms with van der Waals surface area (Å²) < 4.78 is 0. The van der Waals surface area contributed by atoms with Gasteiger partial charge in [-0.1, -0.05) is 47.0 Å². The van der Waals surface area contributed by atoms with E-state index in [1.165, 1.54) is 5.56 Å². The molecule has 0 aliphatic carbocycles. The molecule has 25 heavy (non-hydrogen) atoms. The number of rotatable bonds is 5. The minimum absolute atomic E-state index is 0.0392. The summed E-state index contributed by atoms with van der Waals surface area (Å²) in [6.45, 7) is 8.53. The van der Waals surface area contributed by atoms with Crippen LogP contribution in [0.2, 0.25) is 10.0 Å². The predicted molar refractivity (Wildman–Crippen MR) is 107 cm³/mol. The van der Waals surface area contributed by atoms with Gasteiger partial charge in [0.05, 0.1) is 6.04 Å². The molecule has 0 aliphatic rings. The van der Waals surface area contributed by atoms with Crippen molar-refractivity contribution >= 4 is 34.8 Å². The molecule has 3 nitrogen and oxygen atoms in total. The van der Waals surface area contributed by atoms with Crippen LogP contribution in [0, 0.1) is 20.8 Å². The lowest BCUT2D eigenvalue weighted by molar-refractivity contribution is -0.120. The number of benzene rings is 2. The van der Waals surface area contributed by atoms with E-state index in [-0.39, 0.29) is 11.9 Å². The van der Waals surface area contributed by atoms with Crippen LogP contribution in [-0.4, -0.2) is 23.9 Å². The number of aryl methyl sites for hydroxylation is 3. The number of nitrogens with zero attached hydrogens (tertiary/aromatic N) is 1. The van der Waals surface area contributed by atoms with Crippen molar-refractivity contribution in [3.8, 4) is 0 Å². The number of halogens is 2. The Bertz CT molecular complexity index is 766. The van der Waals surface area contributed by atoms with Crippen molar-refractivity contribution in [2.75, 3.05) is 12.4 Å². The molecule has 0 saturated carbocycles. The third-order valence-corrected chi connectivity index (χ3v) is 4.99. The molecule has 0 heterocycles. The monoisotopic (exact) mass is 378 g/mol. The van der Waals surface area contributed by atoms with E-state index >= 15 is 0 Å². The Hall–Kier alpha value is -1.55. The molecule has 0 fully saturated rings. The molecule has 5 heteroatoms. The van der Waals surface area contributed by atoms with E-state index in [9.17, 15) is 4.79 Å². The van der Waals surface area contributed by atoms with Gasteiger partial charge in [-0.05, 0) is 63.6 Å². The van der Waals surface area contributed by atoms with Crippen LogP contribution in [0.5, 0.6) is 0 Å². The molecule has 0 bridgehead atoms. The zero-order chi connectivity index (χ0) is 18.7. The average Bonchev–Trinajstić information content (AvgIpc) is 2.52. The number of nitrogens with one attached hydrogen (secondary N) is 1. The minimum Gasteiger partial charge on any atom is -0.324 e. The molecule has 2 aromatic rings. The Morgan fingerprint density at radius 3 is 2.28 bits per heavy atom. The summed E-state index contributed by atoms with van der Waals surface area (Å²) in [4.78, 5) is 14.6. The summed E-state index contributed by atoms with van der Waals surface area (Å²) in [5.41, 5.74) is 5.16. The highest BCUT2D eigenvalue weighted by Crippen LogP contribution is 2.24. The SMILES string of the molecule is Cc1cc(C)c(NC(=O)[C@H](C)N(C)Cc2ccc(Cl)cc2Cl)c(C)c1. The molecule has 0 saturated heterocycles. The van der Waals surface area contributed by atoms with Gasteiger partial charge < -0.3 is 5.32 Å². The second-order valence-electron chi connectivity index (χ2n) is 6.59. The van der Waals surface area contributed by atoms with E-state index in [2.05, 4.69) is 24.4 Å². The molecule has 134 valence electrons. The number of anilines is 1. The van der Waals surface area contributed by atoms with Gasteiger partial charge in [0.1, 0.15) is 0 Å². The van der Waals surface area contributed by atoms with Crippen molar-refractivity contribution in [3.05, 3.63) is 62.6 Å². The van der Waals surface area contributed by atoms with Crippen LogP contribution < -0.4 is 5.32 Å². The lowest BCUT2D eigenvalue weighted by Gasteiger charge is -2.25. The molecular formula is C20H24Cl2N2O. The Balaban J connectivity index is 2.09. The van der Waals surface area contributed by atoms with Crippen molar-refractivity contribution in [2.45, 2.75) is 40.3 Å². The molecule has 0 unspecified atom stereocenters. The molecular weight excluding hydrogens is 355 g/mol. The van der Waals surface area contributed by atoms with E-state index < -0.39 is 0 Å². The molecule has 0 aromatic heterocycles. The van der Waals surface area contributed by atoms with Gasteiger partial charge in [0, 0.05) is 22.3 Å². The van der Waals surface area contributed by atoms with E-state index in [0.717, 1.165) is 22.4 Å². The van der Waals surface area contributed by atoms with Gasteiger partial charge in [-0.25, -0.2) is 0 Å². The summed E-state index contributed by atoms with van der Waals surface area (Å²) in [6.07, 6.45) is 0. The van der Waals surface area contributed by atoms with Crippen LogP contribution in [0.25, 0.3) is 0 Å². The topological polar surface area (TPSA) is 32.3 Å². The Labute approximate surface area is 159 Å². The second kappa shape index (κ2) is 8.22. The van der Waals surface area contributed by atoms with Crippen molar-refractivity contribution in [2.24, 2.45) is 0 Å². The third kappa shape index (κ3) is 4.97. The van der Waals surface area contributed by atoms with Gasteiger partial charge in [0.15, 0.2) is 0 Å². The van der Waals surface area contributed by atoms with Crippen molar-refractivity contribution < 1.29 is 4.79 Å². The average molecular weight is 379 g/mol. The van der Waals surface area contributed by atoms with Crippen LogP contribution in [0.4, 0.5) is 5.69 Å². The van der Waals surface area contributed by atoms with Gasteiger partial charge in [0.25, 0.3) is 0 Å². The summed E-state index contributed by atoms with van der Waals surface area (Å²) >= 11 is 12.2. The summed E-state index contributed by atoms with van der Waals surface area (Å²) in [5, 5.41) is 4.27. The van der Waals surface area contributed by atoms with E-state index in [0.29, 0.717) is 16.6 Å². The molecule has 1 amide bonds. The highest BCUT2D eigenvalue weighted by atomic mass is 35.5. The van der Waals surface area contributed by atoms with Crippen LogP contribution in [0.15, 0.2) is 30.3 Å². The minimum atomic E-state index is -0.299. The van der Waals surface area contributed by atoms with Crippen LogP contribution in [0.3, 0.4) is 0 Å². The fourth-order valence-electron chi connectivity index (χ4n) is 2.86. The van der Waals surface area contributed by atoms with Gasteiger partial charge in [-0.15, -0.1) is 0 Å². The van der Waals surface area contributed by atoms with Crippen molar-refractivity contribution in [1.29, 1.82) is 0 Å². The van der Waals surface area contributed by atoms with Crippen LogP contribution >= 0.6 is 23.2 Å². The lowest BCUT2D eigenvalue weighted by Crippen LogP contribution is -2.39. The zero-order valence-corrected chi connectivity index (χ0v) is 16.8. The Morgan fingerprint density at radius 2 is 1.72 bits per heavy atom. The summed E-state index contributed by atoms with van der Waals surface area (Å²) in [7, 11) is 1.91. The number of carbonyl (C=O) groups is 1. The van der Waals surface area contributed by atoms with E-state index in [1.807, 2.05) is 38.8 Å². The molecule has 1 atom stereocenters. The first-order chi connectivity index (χ1) is 11.7. The molecule has 0 radical (unpaired) electrons. The number of amides is 1. The first-order valence-electron chi connectivity index (χ1n) is 8.22. The summed E-state index contributed by atoms with van der Waals surface area (Å²) in [6, 6.07) is 9.26. The molecule has 2 rings (SSSR count). The van der Waals surface area contributed by atoms with E-state index in [4.69, 9.17) is 23.2 Å². The fraction of sp³-hybridized carbons (Fsp3) is 0.350. The first-order valence-corrected chi connectivity index (χ1v) is 8.97. The number of carbonyl (C=O) groups excluding carboxylic acids is 1. The Morgan fingerprint density at radius 1 is 1.12 bits per heavy atom. The molecule has 0 aliphatic heterocycles. The predicted octanol–water partition coefficient (Wildman–Crippen LogP) is 5.38. The second-order valence-corrected chi connectivity index (χ2v) is 7.43. The van der Waals surface area contributed by atoms with Gasteiger partial charge in [0.2, 0.25) is 5.91 Å². The molecule has 0 spiro atoms. The van der Waals surface area contributed by atoms with Gasteiger partial charge >= 0.3 is 0 Å². The van der Waals surface area contributed by atoms with Crippen LogP contribution in [0.1, 0.15) is 29.2 Å². The highest BCUT2D eigenvalue weighted by molar-refractivity contribution is 6.35. The third-order valence-electron chi connectivity index (χ3n) is 4.40.